The number of aromatic nitrogens is 4. The number of nitrogens with zero attached hydrogens (tertiary/aromatic N) is 4. The SMILES string of the molecule is COC(=O)c1cc(-c2ncnn2[C@@H]2C[C@@]34COC[C@](C)([C@@H]3CC[C@H]3C4=CC[C@@]4(C)[C@H](C(=O)O)[C@@](C)([C@H](C)C(C)C)CC[C@]34C)[C@H]2OC[C@](C)(N)C(C)(C)C)ccn1. The van der Waals surface area contributed by atoms with E-state index in [0.29, 0.717) is 37.1 Å². The molecule has 0 amide bonds. The van der Waals surface area contributed by atoms with E-state index in [2.05, 4.69) is 87.2 Å². The normalized spacial score (nSPS) is 39.2. The lowest BCUT2D eigenvalue weighted by Crippen LogP contribution is -2.69. The van der Waals surface area contributed by atoms with Gasteiger partial charge in [-0.25, -0.2) is 19.4 Å². The minimum Gasteiger partial charge on any atom is -0.481 e. The van der Waals surface area contributed by atoms with Crippen LogP contribution in [-0.2, 0) is 19.0 Å². The summed E-state index contributed by atoms with van der Waals surface area (Å²) in [6, 6.07) is 3.33. The van der Waals surface area contributed by atoms with E-state index in [9.17, 15) is 14.7 Å². The third-order valence-electron chi connectivity index (χ3n) is 17.7. The molecule has 11 heteroatoms. The van der Waals surface area contributed by atoms with E-state index in [1.54, 1.807) is 18.6 Å². The Kier molecular flexibility index (Phi) is 10.3. The second-order valence-electron chi connectivity index (χ2n) is 21.5. The van der Waals surface area contributed by atoms with E-state index in [4.69, 9.17) is 30.0 Å². The van der Waals surface area contributed by atoms with Gasteiger partial charge in [0.15, 0.2) is 5.82 Å². The number of esters is 1. The molecule has 4 aliphatic carbocycles. The maximum absolute atomic E-state index is 13.6. The first kappa shape index (κ1) is 42.0. The molecular weight excluding hydrogens is 719 g/mol. The van der Waals surface area contributed by atoms with Crippen molar-refractivity contribution in [1.82, 2.24) is 19.7 Å². The van der Waals surface area contributed by atoms with Crippen molar-refractivity contribution in [3.8, 4) is 11.4 Å². The van der Waals surface area contributed by atoms with Crippen LogP contribution in [0.4, 0.5) is 0 Å². The molecule has 11 nitrogen and oxygen atoms in total. The number of pyridine rings is 1. The van der Waals surface area contributed by atoms with Gasteiger partial charge in [0.05, 0.1) is 45.0 Å². The van der Waals surface area contributed by atoms with Gasteiger partial charge in [0.1, 0.15) is 12.0 Å². The molecule has 0 aromatic carbocycles. The number of allylic oxidation sites excluding steroid dienone is 1. The van der Waals surface area contributed by atoms with Crippen LogP contribution in [0, 0.1) is 62.1 Å². The van der Waals surface area contributed by atoms with Crippen LogP contribution in [0.5, 0.6) is 0 Å². The van der Waals surface area contributed by atoms with E-state index < -0.39 is 34.2 Å². The number of hydrogen-bond donors (Lipinski definition) is 2. The molecule has 4 fully saturated rings. The Bertz CT molecular complexity index is 1920. The number of methoxy groups -OCH3 is 1. The molecule has 0 unspecified atom stereocenters. The van der Waals surface area contributed by atoms with Crippen LogP contribution in [0.1, 0.15) is 131 Å². The van der Waals surface area contributed by atoms with Crippen LogP contribution < -0.4 is 5.73 Å². The van der Waals surface area contributed by atoms with Crippen molar-refractivity contribution in [3.63, 3.8) is 0 Å². The van der Waals surface area contributed by atoms with Gasteiger partial charge in [-0.1, -0.05) is 80.9 Å². The molecule has 3 saturated carbocycles. The number of nitrogens with two attached hydrogens (primary N) is 1. The molecule has 12 atom stereocenters. The van der Waals surface area contributed by atoms with Crippen LogP contribution in [0.2, 0.25) is 0 Å². The lowest BCUT2D eigenvalue weighted by Gasteiger charge is -2.71. The Hall–Kier alpha value is -3.15. The fourth-order valence-corrected chi connectivity index (χ4v) is 13.1. The van der Waals surface area contributed by atoms with Crippen LogP contribution in [0.3, 0.4) is 0 Å². The molecule has 0 radical (unpaired) electrons. The minimum atomic E-state index is -0.652. The largest absolute Gasteiger partial charge is 0.481 e. The third-order valence-corrected chi connectivity index (χ3v) is 17.7. The number of fused-ring (bicyclic) bond motifs is 3. The number of hydrogen-bond acceptors (Lipinski definition) is 9. The summed E-state index contributed by atoms with van der Waals surface area (Å²) < 4.78 is 21.1. The van der Waals surface area contributed by atoms with Crippen molar-refractivity contribution in [3.05, 3.63) is 42.0 Å². The van der Waals surface area contributed by atoms with Crippen molar-refractivity contribution in [2.45, 2.75) is 132 Å². The van der Waals surface area contributed by atoms with Gasteiger partial charge in [-0.05, 0) is 103 Å². The molecule has 2 aromatic heterocycles. The molecule has 3 N–H and O–H groups in total. The lowest BCUT2D eigenvalue weighted by atomic mass is 9.34. The molecule has 1 aliphatic heterocycles. The standard InChI is InChI=1S/C46H69N5O6/c1-27(2)28(3)41(7)18-19-43(9)30-13-14-34-42(8)23-56-25-46(34,31(30)15-17-44(43,10)35(41)38(52)53)22-33(36(42)57-24-45(11,47)40(4,5)6)51-37(49-26-50-51)29-16-20-48-32(21-29)39(54)55-12/h15-16,20-21,26-28,30,33-36H,13-14,17-19,22-25,47H2,1-12H3,(H,52,53)/t28-,30+,33-,34+,35-,36+,41-,42-,43-,44+,45+,46+/m1/s1. The summed E-state index contributed by atoms with van der Waals surface area (Å²) in [6.45, 7) is 26.1. The highest BCUT2D eigenvalue weighted by molar-refractivity contribution is 5.88. The number of ether oxygens (including phenoxy) is 3. The predicted octanol–water partition coefficient (Wildman–Crippen LogP) is 8.41. The highest BCUT2D eigenvalue weighted by atomic mass is 16.5. The lowest BCUT2D eigenvalue weighted by molar-refractivity contribution is -0.253. The van der Waals surface area contributed by atoms with Gasteiger partial charge in [-0.2, -0.15) is 5.10 Å². The summed E-state index contributed by atoms with van der Waals surface area (Å²) in [6.07, 6.45) is 10.7. The molecular formula is C46H69N5O6. The van der Waals surface area contributed by atoms with Gasteiger partial charge in [-0.3, -0.25) is 4.79 Å². The van der Waals surface area contributed by atoms with Gasteiger partial charge in [-0.15, -0.1) is 0 Å². The van der Waals surface area contributed by atoms with Gasteiger partial charge < -0.3 is 25.1 Å². The molecule has 314 valence electrons. The second-order valence-corrected chi connectivity index (χ2v) is 21.5. The fourth-order valence-electron chi connectivity index (χ4n) is 13.1. The van der Waals surface area contributed by atoms with Crippen LogP contribution in [0.15, 0.2) is 36.3 Å². The van der Waals surface area contributed by atoms with E-state index in [1.807, 2.05) is 10.7 Å². The van der Waals surface area contributed by atoms with Crippen molar-refractivity contribution in [2.75, 3.05) is 26.9 Å². The number of carbonyl (C=O) groups is 2. The molecule has 7 rings (SSSR count). The Morgan fingerprint density at radius 3 is 2.42 bits per heavy atom. The van der Waals surface area contributed by atoms with Crippen LogP contribution in [-0.4, -0.2) is 75.4 Å². The fraction of sp³-hybridized carbons (Fsp3) is 0.761. The molecule has 2 aromatic rings. The van der Waals surface area contributed by atoms with Crippen LogP contribution >= 0.6 is 0 Å². The molecule has 5 aliphatic rings. The molecule has 57 heavy (non-hydrogen) atoms. The number of carboxylic acids is 1. The Morgan fingerprint density at radius 2 is 1.77 bits per heavy atom. The molecule has 1 saturated heterocycles. The van der Waals surface area contributed by atoms with Crippen molar-refractivity contribution >= 4 is 11.9 Å². The maximum Gasteiger partial charge on any atom is 0.356 e. The number of carbonyl (C=O) groups excluding carboxylic acids is 1. The summed E-state index contributed by atoms with van der Waals surface area (Å²) in [7, 11) is 1.35. The molecule has 2 bridgehead atoms. The zero-order valence-electron chi connectivity index (χ0n) is 36.6. The van der Waals surface area contributed by atoms with Gasteiger partial charge in [0.25, 0.3) is 0 Å². The maximum atomic E-state index is 13.6. The average molecular weight is 788 g/mol. The number of aliphatic carboxylic acids is 1. The minimum absolute atomic E-state index is 0.200. The van der Waals surface area contributed by atoms with Crippen molar-refractivity contribution < 1.29 is 28.9 Å². The summed E-state index contributed by atoms with van der Waals surface area (Å²) in [5, 5.41) is 16.1. The molecule has 0 spiro atoms. The monoisotopic (exact) mass is 788 g/mol. The average Bonchev–Trinajstić information content (AvgIpc) is 3.63. The van der Waals surface area contributed by atoms with Gasteiger partial charge in [0, 0.05) is 28.1 Å². The molecule has 3 heterocycles. The summed E-state index contributed by atoms with van der Waals surface area (Å²) >= 11 is 0. The first-order chi connectivity index (χ1) is 26.5. The van der Waals surface area contributed by atoms with Gasteiger partial charge >= 0.3 is 11.9 Å². The van der Waals surface area contributed by atoms with Crippen molar-refractivity contribution in [2.24, 2.45) is 67.8 Å². The summed E-state index contributed by atoms with van der Waals surface area (Å²) in [5.74, 6) is 0.170. The van der Waals surface area contributed by atoms with E-state index in [0.717, 1.165) is 38.5 Å². The van der Waals surface area contributed by atoms with Gasteiger partial charge in [0.2, 0.25) is 0 Å². The second kappa shape index (κ2) is 14.0. The number of rotatable bonds is 9. The van der Waals surface area contributed by atoms with Crippen LogP contribution in [0.25, 0.3) is 11.4 Å². The Balaban J connectivity index is 1.36. The highest BCUT2D eigenvalue weighted by Gasteiger charge is 2.72. The Labute approximate surface area is 340 Å². The highest BCUT2D eigenvalue weighted by Crippen LogP contribution is 2.75. The predicted molar refractivity (Wildman–Crippen MR) is 219 cm³/mol. The smallest absolute Gasteiger partial charge is 0.356 e. The van der Waals surface area contributed by atoms with E-state index in [-0.39, 0.29) is 57.3 Å². The number of carboxylic acid groups (broad SMARTS) is 1. The quantitative estimate of drug-likeness (QED) is 0.187. The third kappa shape index (κ3) is 6.09. The summed E-state index contributed by atoms with van der Waals surface area (Å²) in [4.78, 5) is 35.3. The van der Waals surface area contributed by atoms with E-state index >= 15 is 0 Å². The Morgan fingerprint density at radius 1 is 1.05 bits per heavy atom. The van der Waals surface area contributed by atoms with Crippen molar-refractivity contribution in [1.29, 1.82) is 0 Å². The summed E-state index contributed by atoms with van der Waals surface area (Å²) in [5.41, 5.74) is 6.92. The first-order valence-electron chi connectivity index (χ1n) is 21.4. The zero-order chi connectivity index (χ0) is 41.7. The topological polar surface area (TPSA) is 152 Å². The zero-order valence-corrected chi connectivity index (χ0v) is 36.6. The first-order valence-corrected chi connectivity index (χ1v) is 21.4. The van der Waals surface area contributed by atoms with E-state index in [1.165, 1.54) is 12.7 Å².